The fraction of sp³-hybridized carbons (Fsp3) is 0.111. The largest absolute Gasteiger partial charge is 0.383 e. The highest BCUT2D eigenvalue weighted by Crippen LogP contribution is 2.16. The molecule has 0 amide bonds. The van der Waals surface area contributed by atoms with Crippen LogP contribution in [0.1, 0.15) is 5.69 Å². The Balaban J connectivity index is 2.59. The standard InChI is InChI=1S/C9H8N6/c1-5-2-7-11-3-6-8(10)12-4-13-9(6)15(7)14-5/h2-4H,1H3,(H2,10,12,13). The van der Waals surface area contributed by atoms with Crippen LogP contribution in [0.2, 0.25) is 0 Å². The Bertz CT molecular complexity index is 656. The third kappa shape index (κ3) is 1.04. The maximum atomic E-state index is 5.72. The average molecular weight is 200 g/mol. The van der Waals surface area contributed by atoms with Crippen molar-refractivity contribution in [3.8, 4) is 0 Å². The molecule has 74 valence electrons. The normalized spacial score (nSPS) is 11.3. The van der Waals surface area contributed by atoms with Crippen molar-refractivity contribution in [2.24, 2.45) is 0 Å². The molecule has 0 aliphatic heterocycles. The molecule has 0 unspecified atom stereocenters. The Hall–Kier alpha value is -2.24. The van der Waals surface area contributed by atoms with E-state index in [1.807, 2.05) is 13.0 Å². The lowest BCUT2D eigenvalue weighted by Gasteiger charge is -2.00. The number of fused-ring (bicyclic) bond motifs is 3. The third-order valence-electron chi connectivity index (χ3n) is 2.23. The van der Waals surface area contributed by atoms with Crippen LogP contribution in [-0.2, 0) is 0 Å². The minimum absolute atomic E-state index is 0.419. The topological polar surface area (TPSA) is 82.0 Å². The Morgan fingerprint density at radius 2 is 2.13 bits per heavy atom. The number of nitrogens with two attached hydrogens (primary N) is 1. The monoisotopic (exact) mass is 200 g/mol. The first-order valence-corrected chi connectivity index (χ1v) is 4.47. The van der Waals surface area contributed by atoms with E-state index >= 15 is 0 Å². The van der Waals surface area contributed by atoms with Crippen LogP contribution in [0.3, 0.4) is 0 Å². The van der Waals surface area contributed by atoms with E-state index in [-0.39, 0.29) is 0 Å². The first-order valence-electron chi connectivity index (χ1n) is 4.47. The summed E-state index contributed by atoms with van der Waals surface area (Å²) in [5, 5.41) is 5.01. The van der Waals surface area contributed by atoms with E-state index in [1.165, 1.54) is 6.33 Å². The van der Waals surface area contributed by atoms with E-state index in [2.05, 4.69) is 20.1 Å². The Kier molecular flexibility index (Phi) is 1.42. The molecule has 2 N–H and O–H groups in total. The first-order chi connectivity index (χ1) is 7.25. The van der Waals surface area contributed by atoms with Crippen molar-refractivity contribution in [1.82, 2.24) is 24.6 Å². The summed E-state index contributed by atoms with van der Waals surface area (Å²) < 4.78 is 1.67. The zero-order chi connectivity index (χ0) is 10.4. The van der Waals surface area contributed by atoms with Gasteiger partial charge in [0, 0.05) is 12.3 Å². The zero-order valence-electron chi connectivity index (χ0n) is 8.05. The van der Waals surface area contributed by atoms with E-state index in [0.29, 0.717) is 16.9 Å². The zero-order valence-corrected chi connectivity index (χ0v) is 8.05. The third-order valence-corrected chi connectivity index (χ3v) is 2.23. The van der Waals surface area contributed by atoms with Gasteiger partial charge in [-0.1, -0.05) is 0 Å². The molecule has 0 aromatic carbocycles. The van der Waals surface area contributed by atoms with Crippen LogP contribution in [0.15, 0.2) is 18.6 Å². The second-order valence-corrected chi connectivity index (χ2v) is 3.31. The number of rotatable bonds is 0. The molecule has 3 rings (SSSR count). The molecule has 0 aliphatic carbocycles. The number of hydrogen-bond acceptors (Lipinski definition) is 5. The van der Waals surface area contributed by atoms with Crippen molar-refractivity contribution in [3.05, 3.63) is 24.3 Å². The summed E-state index contributed by atoms with van der Waals surface area (Å²) in [5.41, 5.74) is 8.06. The summed E-state index contributed by atoms with van der Waals surface area (Å²) in [7, 11) is 0. The van der Waals surface area contributed by atoms with E-state index in [9.17, 15) is 0 Å². The van der Waals surface area contributed by atoms with Gasteiger partial charge in [0.05, 0.1) is 11.1 Å². The van der Waals surface area contributed by atoms with E-state index < -0.39 is 0 Å². The molecule has 3 aromatic rings. The second kappa shape index (κ2) is 2.63. The molecule has 0 radical (unpaired) electrons. The van der Waals surface area contributed by atoms with Gasteiger partial charge in [-0.05, 0) is 6.92 Å². The van der Waals surface area contributed by atoms with Crippen molar-refractivity contribution in [2.45, 2.75) is 6.92 Å². The van der Waals surface area contributed by atoms with Crippen LogP contribution in [0.4, 0.5) is 5.82 Å². The SMILES string of the molecule is Cc1cc2ncc3c(N)ncnc3n2n1. The van der Waals surface area contributed by atoms with Gasteiger partial charge in [-0.2, -0.15) is 9.61 Å². The number of nitrogens with zero attached hydrogens (tertiary/aromatic N) is 5. The van der Waals surface area contributed by atoms with Gasteiger partial charge in [-0.25, -0.2) is 15.0 Å². The maximum Gasteiger partial charge on any atom is 0.170 e. The van der Waals surface area contributed by atoms with Crippen LogP contribution < -0.4 is 5.73 Å². The Morgan fingerprint density at radius 3 is 3.00 bits per heavy atom. The van der Waals surface area contributed by atoms with E-state index in [4.69, 9.17) is 5.73 Å². The van der Waals surface area contributed by atoms with Gasteiger partial charge in [-0.15, -0.1) is 0 Å². The highest BCUT2D eigenvalue weighted by Gasteiger charge is 2.07. The van der Waals surface area contributed by atoms with Gasteiger partial charge >= 0.3 is 0 Å². The highest BCUT2D eigenvalue weighted by atomic mass is 15.3. The lowest BCUT2D eigenvalue weighted by atomic mass is 10.4. The van der Waals surface area contributed by atoms with Crippen LogP contribution in [0.5, 0.6) is 0 Å². The molecule has 15 heavy (non-hydrogen) atoms. The van der Waals surface area contributed by atoms with E-state index in [0.717, 1.165) is 11.3 Å². The smallest absolute Gasteiger partial charge is 0.170 e. The summed E-state index contributed by atoms with van der Waals surface area (Å²) in [5.74, 6) is 0.419. The fourth-order valence-electron chi connectivity index (χ4n) is 1.56. The predicted molar refractivity (Wildman–Crippen MR) is 55.2 cm³/mol. The lowest BCUT2D eigenvalue weighted by Crippen LogP contribution is -2.00. The van der Waals surface area contributed by atoms with Gasteiger partial charge in [0.2, 0.25) is 0 Å². The van der Waals surface area contributed by atoms with Crippen molar-refractivity contribution in [1.29, 1.82) is 0 Å². The van der Waals surface area contributed by atoms with Crippen molar-refractivity contribution >= 4 is 22.5 Å². The minimum atomic E-state index is 0.419. The number of anilines is 1. The molecule has 3 aromatic heterocycles. The average Bonchev–Trinajstić information content (AvgIpc) is 2.59. The highest BCUT2D eigenvalue weighted by molar-refractivity contribution is 5.85. The van der Waals surface area contributed by atoms with Gasteiger partial charge in [0.25, 0.3) is 0 Å². The molecule has 0 saturated carbocycles. The van der Waals surface area contributed by atoms with Crippen LogP contribution in [0.25, 0.3) is 16.7 Å². The molecule has 0 atom stereocenters. The fourth-order valence-corrected chi connectivity index (χ4v) is 1.56. The number of aromatic nitrogens is 5. The summed E-state index contributed by atoms with van der Waals surface area (Å²) in [6.07, 6.45) is 3.09. The lowest BCUT2D eigenvalue weighted by molar-refractivity contribution is 0.934. The van der Waals surface area contributed by atoms with Gasteiger partial charge < -0.3 is 5.73 Å². The molecule has 6 nitrogen and oxygen atoms in total. The molecule has 0 fully saturated rings. The predicted octanol–water partition coefficient (Wildman–Crippen LogP) is 0.563. The van der Waals surface area contributed by atoms with E-state index in [1.54, 1.807) is 10.7 Å². The molecule has 0 spiro atoms. The summed E-state index contributed by atoms with van der Waals surface area (Å²) in [4.78, 5) is 12.3. The summed E-state index contributed by atoms with van der Waals surface area (Å²) in [6, 6.07) is 1.89. The molecule has 3 heterocycles. The molecule has 0 saturated heterocycles. The van der Waals surface area contributed by atoms with Crippen LogP contribution in [-0.4, -0.2) is 24.6 Å². The second-order valence-electron chi connectivity index (χ2n) is 3.31. The Morgan fingerprint density at radius 1 is 1.27 bits per heavy atom. The number of nitrogen functional groups attached to an aromatic ring is 1. The number of aryl methyl sites for hydroxylation is 1. The molecule has 0 aliphatic rings. The maximum absolute atomic E-state index is 5.72. The van der Waals surface area contributed by atoms with Crippen LogP contribution in [0, 0.1) is 6.92 Å². The van der Waals surface area contributed by atoms with Crippen molar-refractivity contribution in [2.75, 3.05) is 5.73 Å². The molecule has 6 heteroatoms. The van der Waals surface area contributed by atoms with Gasteiger partial charge in [0.1, 0.15) is 12.1 Å². The van der Waals surface area contributed by atoms with Crippen LogP contribution >= 0.6 is 0 Å². The van der Waals surface area contributed by atoms with Gasteiger partial charge in [-0.3, -0.25) is 0 Å². The minimum Gasteiger partial charge on any atom is -0.383 e. The quantitative estimate of drug-likeness (QED) is 0.573. The molecule has 0 bridgehead atoms. The molecular weight excluding hydrogens is 192 g/mol. The van der Waals surface area contributed by atoms with Gasteiger partial charge in [0.15, 0.2) is 11.3 Å². The number of hydrogen-bond donors (Lipinski definition) is 1. The van der Waals surface area contributed by atoms with Crippen molar-refractivity contribution in [3.63, 3.8) is 0 Å². The Labute approximate surface area is 84.8 Å². The van der Waals surface area contributed by atoms with Crippen molar-refractivity contribution < 1.29 is 0 Å². The molecular formula is C9H8N6. The summed E-state index contributed by atoms with van der Waals surface area (Å²) >= 11 is 0. The summed E-state index contributed by atoms with van der Waals surface area (Å²) in [6.45, 7) is 1.91. The first kappa shape index (κ1) is 8.10.